The maximum Gasteiger partial charge on any atom is 0.138 e. The normalized spacial score (nSPS) is 11.9. The number of aromatic nitrogens is 3. The highest BCUT2D eigenvalue weighted by molar-refractivity contribution is 7.26. The van der Waals surface area contributed by atoms with E-state index in [9.17, 15) is 0 Å². The minimum absolute atomic E-state index is 0.915. The van der Waals surface area contributed by atoms with Gasteiger partial charge in [-0.05, 0) is 77.9 Å². The Morgan fingerprint density at radius 1 is 0.392 bits per heavy atom. The van der Waals surface area contributed by atoms with Gasteiger partial charge in [-0.3, -0.25) is 4.57 Å². The molecule has 7 aromatic carbocycles. The Hall–Kier alpha value is -6.49. The zero-order valence-corrected chi connectivity index (χ0v) is 28.3. The van der Waals surface area contributed by atoms with E-state index in [1.54, 1.807) is 0 Å². The number of pyridine rings is 1. The van der Waals surface area contributed by atoms with E-state index in [0.717, 1.165) is 28.1 Å². The van der Waals surface area contributed by atoms with Crippen LogP contribution in [0.25, 0.3) is 97.7 Å². The van der Waals surface area contributed by atoms with Gasteiger partial charge in [0.1, 0.15) is 5.82 Å². The number of hydrogen-bond donors (Lipinski definition) is 0. The third-order valence-corrected chi connectivity index (χ3v) is 11.5. The van der Waals surface area contributed by atoms with Crippen LogP contribution in [0.15, 0.2) is 176 Å². The lowest BCUT2D eigenvalue weighted by Crippen LogP contribution is -1.98. The molecule has 0 saturated carbocycles. The number of nitrogens with zero attached hydrogens (tertiary/aromatic N) is 3. The molecular formula is C47H29N3S. The van der Waals surface area contributed by atoms with E-state index in [0.29, 0.717) is 0 Å². The fourth-order valence-corrected chi connectivity index (χ4v) is 9.32. The summed E-state index contributed by atoms with van der Waals surface area (Å²) in [5, 5.41) is 7.68. The van der Waals surface area contributed by atoms with Gasteiger partial charge in [0.2, 0.25) is 0 Å². The predicted octanol–water partition coefficient (Wildman–Crippen LogP) is 13.0. The first-order chi connectivity index (χ1) is 25.3. The fourth-order valence-electron chi connectivity index (χ4n) is 8.06. The molecule has 0 radical (unpaired) electrons. The Labute approximate surface area is 297 Å². The lowest BCUT2D eigenvalue weighted by atomic mass is 9.99. The summed E-state index contributed by atoms with van der Waals surface area (Å²) in [6.45, 7) is 0. The van der Waals surface area contributed by atoms with Crippen LogP contribution >= 0.6 is 11.3 Å². The second kappa shape index (κ2) is 11.0. The Morgan fingerprint density at radius 3 is 1.86 bits per heavy atom. The summed E-state index contributed by atoms with van der Waals surface area (Å²) >= 11 is 1.89. The van der Waals surface area contributed by atoms with Gasteiger partial charge in [0.25, 0.3) is 0 Å². The SMILES string of the molecule is c1ccc(-n2c3ccc(-c4cccc(-c5cccc(-n6c7ccccc7c7ccccc76)n5)c4)cc3c3c4sc5ccccc5c4ccc32)cc1. The molecule has 0 aliphatic carbocycles. The van der Waals surface area contributed by atoms with Crippen LogP contribution in [0.4, 0.5) is 0 Å². The monoisotopic (exact) mass is 667 g/mol. The zero-order chi connectivity index (χ0) is 33.5. The van der Waals surface area contributed by atoms with E-state index in [1.165, 1.54) is 69.6 Å². The van der Waals surface area contributed by atoms with Crippen LogP contribution < -0.4 is 0 Å². The first-order valence-electron chi connectivity index (χ1n) is 17.3. The fraction of sp³-hybridized carbons (Fsp3) is 0. The van der Waals surface area contributed by atoms with Crippen LogP contribution in [-0.2, 0) is 0 Å². The molecule has 0 saturated heterocycles. The summed E-state index contributed by atoms with van der Waals surface area (Å²) in [6.07, 6.45) is 0. The van der Waals surface area contributed by atoms with Gasteiger partial charge in [0.15, 0.2) is 0 Å². The summed E-state index contributed by atoms with van der Waals surface area (Å²) in [7, 11) is 0. The van der Waals surface area contributed by atoms with Gasteiger partial charge in [-0.2, -0.15) is 0 Å². The van der Waals surface area contributed by atoms with Crippen LogP contribution in [0.3, 0.4) is 0 Å². The Balaban J connectivity index is 1.09. The van der Waals surface area contributed by atoms with E-state index in [-0.39, 0.29) is 0 Å². The molecule has 51 heavy (non-hydrogen) atoms. The van der Waals surface area contributed by atoms with E-state index in [2.05, 4.69) is 185 Å². The van der Waals surface area contributed by atoms with Crippen molar-refractivity contribution < 1.29 is 0 Å². The second-order valence-corrected chi connectivity index (χ2v) is 14.2. The van der Waals surface area contributed by atoms with Crippen molar-refractivity contribution in [2.75, 3.05) is 0 Å². The van der Waals surface area contributed by atoms with Crippen molar-refractivity contribution in [3.05, 3.63) is 176 Å². The standard InChI is InChI=1S/C47H29N3S/c1-2-14-33(15-3-1)49-42-26-24-31(29-38(42)46-43(49)27-25-37-36-18-6-9-22-44(36)51-47(37)46)30-12-10-13-32(28-30)39-19-11-23-45(48-39)50-40-20-7-4-16-34(40)35-17-5-8-21-41(35)50/h1-29H. The topological polar surface area (TPSA) is 22.8 Å². The molecule has 0 atom stereocenters. The minimum Gasteiger partial charge on any atom is -0.309 e. The molecule has 0 bridgehead atoms. The van der Waals surface area contributed by atoms with Gasteiger partial charge in [0.05, 0.1) is 27.8 Å². The van der Waals surface area contributed by atoms with Gasteiger partial charge in [-0.15, -0.1) is 11.3 Å². The van der Waals surface area contributed by atoms with Gasteiger partial charge in [0, 0.05) is 53.0 Å². The molecule has 11 rings (SSSR count). The van der Waals surface area contributed by atoms with E-state index in [1.807, 2.05) is 11.3 Å². The molecule has 4 heterocycles. The molecule has 0 unspecified atom stereocenters. The first kappa shape index (κ1) is 28.4. The molecule has 0 aliphatic rings. The number of hydrogen-bond acceptors (Lipinski definition) is 2. The maximum atomic E-state index is 5.26. The Bertz CT molecular complexity index is 3090. The van der Waals surface area contributed by atoms with Gasteiger partial charge in [-0.1, -0.05) is 109 Å². The predicted molar refractivity (Wildman–Crippen MR) is 217 cm³/mol. The zero-order valence-electron chi connectivity index (χ0n) is 27.5. The van der Waals surface area contributed by atoms with E-state index < -0.39 is 0 Å². The molecule has 11 aromatic rings. The van der Waals surface area contributed by atoms with Crippen molar-refractivity contribution in [2.24, 2.45) is 0 Å². The molecule has 0 aliphatic heterocycles. The van der Waals surface area contributed by atoms with Gasteiger partial charge >= 0.3 is 0 Å². The smallest absolute Gasteiger partial charge is 0.138 e. The summed E-state index contributed by atoms with van der Waals surface area (Å²) in [5.41, 5.74) is 10.3. The average molecular weight is 668 g/mol. The van der Waals surface area contributed by atoms with Crippen LogP contribution in [0.5, 0.6) is 0 Å². The van der Waals surface area contributed by atoms with Crippen LogP contribution in [0, 0.1) is 0 Å². The summed E-state index contributed by atoms with van der Waals surface area (Å²) in [4.78, 5) is 5.26. The molecule has 0 spiro atoms. The van der Waals surface area contributed by atoms with Gasteiger partial charge in [-0.25, -0.2) is 4.98 Å². The third-order valence-electron chi connectivity index (χ3n) is 10.3. The molecule has 3 nitrogen and oxygen atoms in total. The minimum atomic E-state index is 0.915. The van der Waals surface area contributed by atoms with Crippen molar-refractivity contribution in [3.8, 4) is 33.9 Å². The molecular weight excluding hydrogens is 639 g/mol. The van der Waals surface area contributed by atoms with Gasteiger partial charge < -0.3 is 4.57 Å². The second-order valence-electron chi connectivity index (χ2n) is 13.2. The van der Waals surface area contributed by atoms with Crippen LogP contribution in [0.1, 0.15) is 0 Å². The van der Waals surface area contributed by atoms with Crippen molar-refractivity contribution in [3.63, 3.8) is 0 Å². The Morgan fingerprint density at radius 2 is 1.04 bits per heavy atom. The summed E-state index contributed by atoms with van der Waals surface area (Å²) in [6, 6.07) is 63.4. The van der Waals surface area contributed by atoms with E-state index >= 15 is 0 Å². The van der Waals surface area contributed by atoms with Crippen molar-refractivity contribution in [1.82, 2.24) is 14.1 Å². The van der Waals surface area contributed by atoms with E-state index in [4.69, 9.17) is 4.98 Å². The van der Waals surface area contributed by atoms with Crippen molar-refractivity contribution in [2.45, 2.75) is 0 Å². The largest absolute Gasteiger partial charge is 0.309 e. The number of rotatable bonds is 4. The highest BCUT2D eigenvalue weighted by Crippen LogP contribution is 2.44. The molecule has 0 N–H and O–H groups in total. The Kier molecular flexibility index (Phi) is 6.12. The highest BCUT2D eigenvalue weighted by atomic mass is 32.1. The summed E-state index contributed by atoms with van der Waals surface area (Å²) < 4.78 is 7.35. The number of thiophene rings is 1. The van der Waals surface area contributed by atoms with Crippen molar-refractivity contribution in [1.29, 1.82) is 0 Å². The maximum absolute atomic E-state index is 5.26. The molecule has 4 heteroatoms. The first-order valence-corrected chi connectivity index (χ1v) is 18.1. The molecule has 4 aromatic heterocycles. The number of fused-ring (bicyclic) bond motifs is 10. The quantitative estimate of drug-likeness (QED) is 0.183. The highest BCUT2D eigenvalue weighted by Gasteiger charge is 2.19. The molecule has 0 fully saturated rings. The molecule has 0 amide bonds. The molecule has 238 valence electrons. The van der Waals surface area contributed by atoms with Crippen LogP contribution in [0.2, 0.25) is 0 Å². The number of benzene rings is 7. The lowest BCUT2D eigenvalue weighted by molar-refractivity contribution is 1.08. The number of para-hydroxylation sites is 3. The lowest BCUT2D eigenvalue weighted by Gasteiger charge is -2.11. The third kappa shape index (κ3) is 4.27. The van der Waals surface area contributed by atoms with Crippen molar-refractivity contribution >= 4 is 75.1 Å². The van der Waals surface area contributed by atoms with Crippen LogP contribution in [-0.4, -0.2) is 14.1 Å². The average Bonchev–Trinajstić information content (AvgIpc) is 3.86. The summed E-state index contributed by atoms with van der Waals surface area (Å²) in [5.74, 6) is 0.915.